The molecule has 1 aliphatic heterocycles. The van der Waals surface area contributed by atoms with Crippen molar-refractivity contribution < 1.29 is 19.0 Å². The van der Waals surface area contributed by atoms with Crippen LogP contribution >= 0.6 is 0 Å². The Morgan fingerprint density at radius 1 is 1.17 bits per heavy atom. The summed E-state index contributed by atoms with van der Waals surface area (Å²) >= 11 is 0. The predicted molar refractivity (Wildman–Crippen MR) is 110 cm³/mol. The van der Waals surface area contributed by atoms with Crippen molar-refractivity contribution in [3.63, 3.8) is 0 Å². The van der Waals surface area contributed by atoms with Gasteiger partial charge in [-0.15, -0.1) is 0 Å². The summed E-state index contributed by atoms with van der Waals surface area (Å²) in [5.41, 5.74) is 2.26. The molecule has 2 heterocycles. The van der Waals surface area contributed by atoms with Gasteiger partial charge in [0, 0.05) is 36.9 Å². The molecule has 150 valence electrons. The second kappa shape index (κ2) is 8.32. The van der Waals surface area contributed by atoms with Crippen LogP contribution < -0.4 is 20.1 Å². The van der Waals surface area contributed by atoms with Gasteiger partial charge in [-0.3, -0.25) is 4.79 Å². The molecule has 0 bridgehead atoms. The molecule has 1 aliphatic rings. The number of nitrogens with zero attached hydrogens (tertiary/aromatic N) is 2. The fourth-order valence-corrected chi connectivity index (χ4v) is 3.23. The van der Waals surface area contributed by atoms with Crippen LogP contribution in [0.1, 0.15) is 13.3 Å². The molecule has 1 atom stereocenters. The van der Waals surface area contributed by atoms with E-state index >= 15 is 0 Å². The number of hydrogen-bond donors (Lipinski definition) is 2. The highest BCUT2D eigenvalue weighted by atomic mass is 16.5. The summed E-state index contributed by atoms with van der Waals surface area (Å²) in [5, 5.41) is 6.79. The lowest BCUT2D eigenvalue weighted by molar-refractivity contribution is -0.114. The number of methoxy groups -OCH3 is 1. The fourth-order valence-electron chi connectivity index (χ4n) is 3.23. The smallest absolute Gasteiger partial charge is 0.221 e. The van der Waals surface area contributed by atoms with E-state index in [0.29, 0.717) is 36.0 Å². The molecule has 1 amide bonds. The number of nitrogens with one attached hydrogen (secondary N) is 2. The number of anilines is 3. The predicted octanol–water partition coefficient (Wildman–Crippen LogP) is 3.51. The van der Waals surface area contributed by atoms with Gasteiger partial charge in [0.1, 0.15) is 29.7 Å². The lowest BCUT2D eigenvalue weighted by atomic mass is 10.2. The van der Waals surface area contributed by atoms with Crippen molar-refractivity contribution in [2.75, 3.05) is 31.0 Å². The molecule has 1 fully saturated rings. The Labute approximate surface area is 168 Å². The van der Waals surface area contributed by atoms with Crippen LogP contribution in [0.25, 0.3) is 10.9 Å². The summed E-state index contributed by atoms with van der Waals surface area (Å²) in [4.78, 5) is 19.9. The minimum absolute atomic E-state index is 0.0405. The standard InChI is InChI=1S/C21H22N4O4/c1-13(26)24-14-3-5-15(6-4-14)25-21-20-18(22-12-23-21)9-17(10-19(20)27-2)29-16-7-8-28-11-16/h3-6,9-10,12,16H,7-8,11H2,1-2H3,(H,24,26)(H,22,23,25). The Kier molecular flexibility index (Phi) is 5.44. The number of fused-ring (bicyclic) bond motifs is 1. The minimum Gasteiger partial charge on any atom is -0.496 e. The molecular weight excluding hydrogens is 372 g/mol. The number of ether oxygens (including phenoxy) is 3. The van der Waals surface area contributed by atoms with E-state index in [1.165, 1.54) is 13.3 Å². The molecule has 8 nitrogen and oxygen atoms in total. The normalized spacial score (nSPS) is 15.9. The quantitative estimate of drug-likeness (QED) is 0.661. The lowest BCUT2D eigenvalue weighted by Gasteiger charge is -2.16. The molecule has 0 spiro atoms. The molecule has 29 heavy (non-hydrogen) atoms. The van der Waals surface area contributed by atoms with E-state index in [2.05, 4.69) is 20.6 Å². The summed E-state index contributed by atoms with van der Waals surface area (Å²) < 4.78 is 17.0. The van der Waals surface area contributed by atoms with Crippen molar-refractivity contribution in [1.82, 2.24) is 9.97 Å². The molecular formula is C21H22N4O4. The van der Waals surface area contributed by atoms with Crippen LogP contribution in [0.4, 0.5) is 17.2 Å². The summed E-state index contributed by atoms with van der Waals surface area (Å²) in [6, 6.07) is 11.1. The second-order valence-electron chi connectivity index (χ2n) is 6.73. The molecule has 0 radical (unpaired) electrons. The van der Waals surface area contributed by atoms with Gasteiger partial charge in [-0.1, -0.05) is 0 Å². The largest absolute Gasteiger partial charge is 0.496 e. The Balaban J connectivity index is 1.63. The molecule has 1 aromatic heterocycles. The van der Waals surface area contributed by atoms with Gasteiger partial charge in [0.2, 0.25) is 5.91 Å². The van der Waals surface area contributed by atoms with Crippen molar-refractivity contribution >= 4 is 34.0 Å². The molecule has 1 unspecified atom stereocenters. The summed E-state index contributed by atoms with van der Waals surface area (Å²) in [5.74, 6) is 1.82. The maximum absolute atomic E-state index is 11.2. The number of carbonyl (C=O) groups is 1. The van der Waals surface area contributed by atoms with Crippen LogP contribution in [-0.2, 0) is 9.53 Å². The zero-order valence-corrected chi connectivity index (χ0v) is 16.3. The van der Waals surface area contributed by atoms with Crippen molar-refractivity contribution in [3.05, 3.63) is 42.7 Å². The van der Waals surface area contributed by atoms with Gasteiger partial charge < -0.3 is 24.8 Å². The number of benzene rings is 2. The Bertz CT molecular complexity index is 1020. The summed E-state index contributed by atoms with van der Waals surface area (Å²) in [7, 11) is 1.61. The van der Waals surface area contributed by atoms with Gasteiger partial charge in [0.15, 0.2) is 0 Å². The van der Waals surface area contributed by atoms with E-state index in [1.807, 2.05) is 36.4 Å². The van der Waals surface area contributed by atoms with E-state index in [1.54, 1.807) is 7.11 Å². The lowest BCUT2D eigenvalue weighted by Crippen LogP contribution is -2.15. The minimum atomic E-state index is -0.112. The van der Waals surface area contributed by atoms with Gasteiger partial charge in [-0.25, -0.2) is 9.97 Å². The van der Waals surface area contributed by atoms with Crippen LogP contribution in [0.2, 0.25) is 0 Å². The monoisotopic (exact) mass is 394 g/mol. The number of carbonyl (C=O) groups excluding carboxylic acids is 1. The topological polar surface area (TPSA) is 94.6 Å². The Hall–Kier alpha value is -3.39. The van der Waals surface area contributed by atoms with Crippen LogP contribution in [0.5, 0.6) is 11.5 Å². The first-order valence-electron chi connectivity index (χ1n) is 9.34. The number of amides is 1. The van der Waals surface area contributed by atoms with Crippen LogP contribution in [-0.4, -0.2) is 42.3 Å². The number of rotatable bonds is 6. The number of hydrogen-bond acceptors (Lipinski definition) is 7. The van der Waals surface area contributed by atoms with Gasteiger partial charge in [-0.2, -0.15) is 0 Å². The van der Waals surface area contributed by atoms with E-state index < -0.39 is 0 Å². The van der Waals surface area contributed by atoms with Gasteiger partial charge in [-0.05, 0) is 24.3 Å². The molecule has 0 saturated carbocycles. The average Bonchev–Trinajstić information content (AvgIpc) is 3.21. The molecule has 1 saturated heterocycles. The third-order valence-corrected chi connectivity index (χ3v) is 4.55. The SMILES string of the molecule is COc1cc(OC2CCOC2)cc2ncnc(Nc3ccc(NC(C)=O)cc3)c12. The second-order valence-corrected chi connectivity index (χ2v) is 6.73. The zero-order chi connectivity index (χ0) is 20.2. The zero-order valence-electron chi connectivity index (χ0n) is 16.3. The highest BCUT2D eigenvalue weighted by Gasteiger charge is 2.19. The Morgan fingerprint density at radius 2 is 1.97 bits per heavy atom. The first-order valence-corrected chi connectivity index (χ1v) is 9.34. The summed E-state index contributed by atoms with van der Waals surface area (Å²) in [6.45, 7) is 2.78. The highest BCUT2D eigenvalue weighted by Crippen LogP contribution is 2.36. The molecule has 0 aliphatic carbocycles. The van der Waals surface area contributed by atoms with Gasteiger partial charge in [0.05, 0.1) is 31.2 Å². The van der Waals surface area contributed by atoms with E-state index in [0.717, 1.165) is 23.2 Å². The highest BCUT2D eigenvalue weighted by molar-refractivity contribution is 5.97. The Morgan fingerprint density at radius 3 is 2.66 bits per heavy atom. The number of aromatic nitrogens is 2. The van der Waals surface area contributed by atoms with E-state index in [9.17, 15) is 4.79 Å². The van der Waals surface area contributed by atoms with E-state index in [4.69, 9.17) is 14.2 Å². The van der Waals surface area contributed by atoms with Crippen molar-refractivity contribution in [2.45, 2.75) is 19.4 Å². The first kappa shape index (κ1) is 18.9. The summed E-state index contributed by atoms with van der Waals surface area (Å²) in [6.07, 6.45) is 2.41. The van der Waals surface area contributed by atoms with Crippen LogP contribution in [0.3, 0.4) is 0 Å². The van der Waals surface area contributed by atoms with Crippen LogP contribution in [0.15, 0.2) is 42.7 Å². The molecule has 2 N–H and O–H groups in total. The third kappa shape index (κ3) is 4.38. The third-order valence-electron chi connectivity index (χ3n) is 4.55. The van der Waals surface area contributed by atoms with Crippen molar-refractivity contribution in [1.29, 1.82) is 0 Å². The maximum atomic E-state index is 11.2. The van der Waals surface area contributed by atoms with Gasteiger partial charge in [0.25, 0.3) is 0 Å². The van der Waals surface area contributed by atoms with Crippen molar-refractivity contribution in [2.24, 2.45) is 0 Å². The molecule has 3 aromatic rings. The molecule has 4 rings (SSSR count). The fraction of sp³-hybridized carbons (Fsp3) is 0.286. The van der Waals surface area contributed by atoms with Gasteiger partial charge >= 0.3 is 0 Å². The van der Waals surface area contributed by atoms with E-state index in [-0.39, 0.29) is 12.0 Å². The van der Waals surface area contributed by atoms with Crippen LogP contribution in [0, 0.1) is 0 Å². The molecule has 2 aromatic carbocycles. The maximum Gasteiger partial charge on any atom is 0.221 e. The average molecular weight is 394 g/mol. The molecule has 8 heteroatoms. The van der Waals surface area contributed by atoms with Crippen molar-refractivity contribution in [3.8, 4) is 11.5 Å². The first-order chi connectivity index (χ1) is 14.1.